The van der Waals surface area contributed by atoms with Crippen molar-refractivity contribution in [3.63, 3.8) is 0 Å². The van der Waals surface area contributed by atoms with E-state index in [4.69, 9.17) is 4.74 Å². The van der Waals surface area contributed by atoms with Gasteiger partial charge in [-0.05, 0) is 43.2 Å². The standard InChI is InChI=1S/C24H22F2N2O3/c1-3-14-12-28(23(29)15-9-10-18(25)19(26)11-15)13-17(24(30)31-4-2)22-21(14)16-7-5-6-8-20(16)27-22/h5-11,13-14,27H,3-4,12H2,1-2H3. The molecule has 2 aromatic carbocycles. The van der Waals surface area contributed by atoms with Gasteiger partial charge in [-0.3, -0.25) is 4.79 Å². The number of benzene rings is 2. The van der Waals surface area contributed by atoms with E-state index in [0.717, 1.165) is 28.6 Å². The van der Waals surface area contributed by atoms with E-state index < -0.39 is 23.5 Å². The first-order valence-corrected chi connectivity index (χ1v) is 10.2. The molecule has 0 saturated carbocycles. The van der Waals surface area contributed by atoms with E-state index in [-0.39, 0.29) is 30.2 Å². The highest BCUT2D eigenvalue weighted by molar-refractivity contribution is 6.18. The molecule has 1 atom stereocenters. The van der Waals surface area contributed by atoms with Gasteiger partial charge >= 0.3 is 5.97 Å². The molecule has 5 nitrogen and oxygen atoms in total. The SMILES string of the molecule is CCOC(=O)C1=CN(C(=O)c2ccc(F)c(F)c2)CC(CC)c2c1[nH]c1ccccc21. The number of fused-ring (bicyclic) bond motifs is 3. The van der Waals surface area contributed by atoms with E-state index in [0.29, 0.717) is 12.1 Å². The molecule has 2 heterocycles. The summed E-state index contributed by atoms with van der Waals surface area (Å²) in [5, 5.41) is 0.974. The van der Waals surface area contributed by atoms with Crippen molar-refractivity contribution in [1.29, 1.82) is 0 Å². The molecule has 1 unspecified atom stereocenters. The minimum atomic E-state index is -1.10. The molecule has 0 aliphatic carbocycles. The van der Waals surface area contributed by atoms with Crippen molar-refractivity contribution in [2.24, 2.45) is 0 Å². The summed E-state index contributed by atoms with van der Waals surface area (Å²) in [6.07, 6.45) is 2.16. The van der Waals surface area contributed by atoms with Crippen LogP contribution in [0, 0.1) is 11.6 Å². The normalized spacial score (nSPS) is 15.9. The Hall–Kier alpha value is -3.48. The maximum atomic E-state index is 13.7. The van der Waals surface area contributed by atoms with Gasteiger partial charge in [0.1, 0.15) is 0 Å². The Bertz CT molecular complexity index is 1200. The Morgan fingerprint density at radius 1 is 1.13 bits per heavy atom. The number of ether oxygens (including phenoxy) is 1. The van der Waals surface area contributed by atoms with Crippen molar-refractivity contribution < 1.29 is 23.1 Å². The fourth-order valence-corrected chi connectivity index (χ4v) is 4.04. The fourth-order valence-electron chi connectivity index (χ4n) is 4.04. The molecule has 3 aromatic rings. The van der Waals surface area contributed by atoms with Gasteiger partial charge in [-0.2, -0.15) is 0 Å². The lowest BCUT2D eigenvalue weighted by molar-refractivity contribution is -0.136. The van der Waals surface area contributed by atoms with E-state index >= 15 is 0 Å². The predicted octanol–water partition coefficient (Wildman–Crippen LogP) is 5.00. The minimum absolute atomic E-state index is 0.00336. The van der Waals surface area contributed by atoms with Crippen LogP contribution in [0.15, 0.2) is 48.7 Å². The number of aromatic amines is 1. The van der Waals surface area contributed by atoms with Gasteiger partial charge in [0.05, 0.1) is 17.9 Å². The van der Waals surface area contributed by atoms with E-state index in [1.165, 1.54) is 17.2 Å². The van der Waals surface area contributed by atoms with Crippen LogP contribution in [0.5, 0.6) is 0 Å². The largest absolute Gasteiger partial charge is 0.462 e. The second-order valence-corrected chi connectivity index (χ2v) is 7.41. The topological polar surface area (TPSA) is 62.4 Å². The highest BCUT2D eigenvalue weighted by Crippen LogP contribution is 2.38. The molecule has 0 bridgehead atoms. The Morgan fingerprint density at radius 3 is 2.61 bits per heavy atom. The second kappa shape index (κ2) is 8.34. The number of esters is 1. The number of nitrogens with one attached hydrogen (secondary N) is 1. The summed E-state index contributed by atoms with van der Waals surface area (Å²) in [7, 11) is 0. The Kier molecular flexibility index (Phi) is 5.59. The zero-order valence-corrected chi connectivity index (χ0v) is 17.2. The molecule has 1 N–H and O–H groups in total. The average molecular weight is 424 g/mol. The Morgan fingerprint density at radius 2 is 1.90 bits per heavy atom. The highest BCUT2D eigenvalue weighted by Gasteiger charge is 2.32. The van der Waals surface area contributed by atoms with Crippen LogP contribution < -0.4 is 0 Å². The molecular formula is C24H22F2N2O3. The molecule has 31 heavy (non-hydrogen) atoms. The lowest BCUT2D eigenvalue weighted by Gasteiger charge is -2.23. The van der Waals surface area contributed by atoms with E-state index in [1.807, 2.05) is 31.2 Å². The van der Waals surface area contributed by atoms with Crippen LogP contribution in [0.2, 0.25) is 0 Å². The van der Waals surface area contributed by atoms with Crippen LogP contribution in [0.25, 0.3) is 16.5 Å². The summed E-state index contributed by atoms with van der Waals surface area (Å²) in [6.45, 7) is 4.18. The van der Waals surface area contributed by atoms with Crippen LogP contribution >= 0.6 is 0 Å². The van der Waals surface area contributed by atoms with Crippen LogP contribution in [0.4, 0.5) is 8.78 Å². The number of rotatable bonds is 4. The number of para-hydroxylation sites is 1. The van der Waals surface area contributed by atoms with Crippen molar-refractivity contribution in [3.8, 4) is 0 Å². The first-order chi connectivity index (χ1) is 14.9. The number of aromatic nitrogens is 1. The van der Waals surface area contributed by atoms with Gasteiger partial charge < -0.3 is 14.6 Å². The minimum Gasteiger partial charge on any atom is -0.462 e. The number of hydrogen-bond acceptors (Lipinski definition) is 3. The van der Waals surface area contributed by atoms with Crippen molar-refractivity contribution in [3.05, 3.63) is 77.1 Å². The number of hydrogen-bond donors (Lipinski definition) is 1. The Labute approximate surface area is 178 Å². The van der Waals surface area contributed by atoms with Gasteiger partial charge in [-0.15, -0.1) is 0 Å². The maximum absolute atomic E-state index is 13.7. The Balaban J connectivity index is 1.86. The van der Waals surface area contributed by atoms with Gasteiger partial charge in [0, 0.05) is 35.1 Å². The van der Waals surface area contributed by atoms with E-state index in [1.54, 1.807) is 6.92 Å². The van der Waals surface area contributed by atoms with Crippen LogP contribution in [0.3, 0.4) is 0 Å². The van der Waals surface area contributed by atoms with Crippen molar-refractivity contribution >= 4 is 28.4 Å². The van der Waals surface area contributed by atoms with E-state index in [9.17, 15) is 18.4 Å². The molecule has 0 radical (unpaired) electrons. The average Bonchev–Trinajstić information content (AvgIpc) is 3.06. The summed E-state index contributed by atoms with van der Waals surface area (Å²) in [4.78, 5) is 30.7. The number of halogens is 2. The predicted molar refractivity (Wildman–Crippen MR) is 113 cm³/mol. The lowest BCUT2D eigenvalue weighted by Crippen LogP contribution is -2.30. The van der Waals surface area contributed by atoms with Crippen LogP contribution in [0.1, 0.15) is 47.8 Å². The summed E-state index contributed by atoms with van der Waals surface area (Å²) in [5.74, 6) is -3.28. The number of amides is 1. The van der Waals surface area contributed by atoms with Crippen LogP contribution in [-0.4, -0.2) is 34.9 Å². The molecule has 1 aliphatic rings. The summed E-state index contributed by atoms with van der Waals surface area (Å²) in [6, 6.07) is 10.8. The van der Waals surface area contributed by atoms with Gasteiger partial charge in [0.2, 0.25) is 0 Å². The van der Waals surface area contributed by atoms with Gasteiger partial charge in [0.25, 0.3) is 5.91 Å². The second-order valence-electron chi connectivity index (χ2n) is 7.41. The number of carbonyl (C=O) groups is 2. The molecule has 7 heteroatoms. The van der Waals surface area contributed by atoms with Crippen LogP contribution in [-0.2, 0) is 9.53 Å². The van der Waals surface area contributed by atoms with E-state index in [2.05, 4.69) is 4.98 Å². The summed E-state index contributed by atoms with van der Waals surface area (Å²) >= 11 is 0. The zero-order valence-electron chi connectivity index (χ0n) is 17.2. The number of nitrogens with zero attached hydrogens (tertiary/aromatic N) is 1. The number of carbonyl (C=O) groups excluding carboxylic acids is 2. The fraction of sp³-hybridized carbons (Fsp3) is 0.250. The summed E-state index contributed by atoms with van der Waals surface area (Å²) < 4.78 is 32.3. The third-order valence-electron chi connectivity index (χ3n) is 5.54. The monoisotopic (exact) mass is 424 g/mol. The molecule has 1 aromatic heterocycles. The maximum Gasteiger partial charge on any atom is 0.341 e. The third kappa shape index (κ3) is 3.71. The molecule has 0 saturated heterocycles. The van der Waals surface area contributed by atoms with Gasteiger partial charge in [-0.25, -0.2) is 13.6 Å². The zero-order chi connectivity index (χ0) is 22.1. The lowest BCUT2D eigenvalue weighted by atomic mass is 9.92. The summed E-state index contributed by atoms with van der Waals surface area (Å²) in [5.41, 5.74) is 2.68. The number of H-pyrrole nitrogens is 1. The van der Waals surface area contributed by atoms with Gasteiger partial charge in [0.15, 0.2) is 11.6 Å². The van der Waals surface area contributed by atoms with Crippen molar-refractivity contribution in [2.45, 2.75) is 26.2 Å². The quantitative estimate of drug-likeness (QED) is 0.600. The first-order valence-electron chi connectivity index (χ1n) is 10.2. The molecule has 1 amide bonds. The first kappa shape index (κ1) is 20.8. The molecule has 0 spiro atoms. The third-order valence-corrected chi connectivity index (χ3v) is 5.54. The molecule has 4 rings (SSSR count). The van der Waals surface area contributed by atoms with Gasteiger partial charge in [-0.1, -0.05) is 25.1 Å². The van der Waals surface area contributed by atoms with Crippen molar-refractivity contribution in [2.75, 3.05) is 13.2 Å². The smallest absolute Gasteiger partial charge is 0.341 e. The molecular weight excluding hydrogens is 402 g/mol. The van der Waals surface area contributed by atoms with Crippen molar-refractivity contribution in [1.82, 2.24) is 9.88 Å². The molecule has 1 aliphatic heterocycles. The molecule has 160 valence electrons. The molecule has 0 fully saturated rings. The highest BCUT2D eigenvalue weighted by atomic mass is 19.2.